The number of carbonyl (C=O) groups is 1. The summed E-state index contributed by atoms with van der Waals surface area (Å²) in [7, 11) is 3.17. The summed E-state index contributed by atoms with van der Waals surface area (Å²) in [5, 5.41) is 0.836. The van der Waals surface area contributed by atoms with Crippen LogP contribution in [-0.2, 0) is 22.6 Å². The molecule has 2 aromatic rings. The van der Waals surface area contributed by atoms with Crippen molar-refractivity contribution in [1.82, 2.24) is 14.5 Å². The molecular weight excluding hydrogens is 457 g/mol. The van der Waals surface area contributed by atoms with Gasteiger partial charge in [-0.25, -0.2) is 4.79 Å². The lowest BCUT2D eigenvalue weighted by atomic mass is 10.2. The van der Waals surface area contributed by atoms with Crippen molar-refractivity contribution in [1.29, 1.82) is 0 Å². The number of nitrogens with zero attached hydrogens (tertiary/aromatic N) is 3. The molecule has 0 aliphatic carbocycles. The molecule has 1 aromatic carbocycles. The first-order valence-electron chi connectivity index (χ1n) is 10.2. The van der Waals surface area contributed by atoms with E-state index in [1.807, 2.05) is 6.92 Å². The maximum Gasteiger partial charge on any atom is 0.330 e. The number of hydrogen-bond acceptors (Lipinski definition) is 6. The maximum atomic E-state index is 13.0. The third-order valence-electron chi connectivity index (χ3n) is 4.99. The molecule has 0 atom stereocenters. The van der Waals surface area contributed by atoms with Crippen LogP contribution in [0.5, 0.6) is 0 Å². The van der Waals surface area contributed by atoms with E-state index in [-0.39, 0.29) is 37.1 Å². The fourth-order valence-corrected chi connectivity index (χ4v) is 3.50. The number of rotatable bonds is 11. The lowest BCUT2D eigenvalue weighted by molar-refractivity contribution is -0.129. The molecule has 0 bridgehead atoms. The van der Waals surface area contributed by atoms with Crippen LogP contribution < -0.4 is 21.9 Å². The summed E-state index contributed by atoms with van der Waals surface area (Å²) in [6.45, 7) is 3.03. The number of hydrogen-bond donors (Lipinski definition) is 2. The van der Waals surface area contributed by atoms with Gasteiger partial charge in [-0.1, -0.05) is 42.6 Å². The van der Waals surface area contributed by atoms with Crippen LogP contribution in [0.15, 0.2) is 27.8 Å². The molecular formula is C21H29Cl2N5O4. The lowest BCUT2D eigenvalue weighted by Crippen LogP contribution is -2.44. The highest BCUT2D eigenvalue weighted by atomic mass is 35.5. The zero-order valence-electron chi connectivity index (χ0n) is 18.5. The second-order valence-electron chi connectivity index (χ2n) is 7.41. The van der Waals surface area contributed by atoms with Crippen LogP contribution >= 0.6 is 23.2 Å². The largest absolute Gasteiger partial charge is 0.383 e. The Morgan fingerprint density at radius 1 is 1.25 bits per heavy atom. The Kier molecular flexibility index (Phi) is 9.61. The standard InChI is InChI=1S/C21H29Cl2N5O4/c1-4-5-8-28-19(24)18(20(30)25-21(28)31)27(9-10-32-3)13-17(29)26(2)12-14-6-7-15(22)16(23)11-14/h6-7,11H,4-5,8-10,12-13,24H2,1-3H3,(H,25,30,31). The van der Waals surface area contributed by atoms with E-state index in [0.717, 1.165) is 18.4 Å². The molecule has 9 nitrogen and oxygen atoms in total. The molecule has 0 aliphatic heterocycles. The van der Waals surface area contributed by atoms with Crippen LogP contribution in [0.4, 0.5) is 11.5 Å². The number of nitrogens with two attached hydrogens (primary N) is 1. The topological polar surface area (TPSA) is 114 Å². The Hall–Kier alpha value is -2.49. The van der Waals surface area contributed by atoms with Crippen molar-refractivity contribution in [3.05, 3.63) is 54.6 Å². The summed E-state index contributed by atoms with van der Waals surface area (Å²) >= 11 is 12.0. The molecule has 0 aliphatic rings. The minimum absolute atomic E-state index is 0.0308. The fraction of sp³-hybridized carbons (Fsp3) is 0.476. The van der Waals surface area contributed by atoms with Gasteiger partial charge in [-0.15, -0.1) is 0 Å². The van der Waals surface area contributed by atoms with Gasteiger partial charge in [0.1, 0.15) is 11.5 Å². The summed E-state index contributed by atoms with van der Waals surface area (Å²) in [5.74, 6) is -0.222. The predicted molar refractivity (Wildman–Crippen MR) is 128 cm³/mol. The number of nitrogen functional groups attached to an aromatic ring is 1. The highest BCUT2D eigenvalue weighted by Crippen LogP contribution is 2.23. The molecule has 0 radical (unpaired) electrons. The van der Waals surface area contributed by atoms with Crippen LogP contribution in [0, 0.1) is 0 Å². The first-order valence-corrected chi connectivity index (χ1v) is 11.0. The summed E-state index contributed by atoms with van der Waals surface area (Å²) in [4.78, 5) is 43.2. The van der Waals surface area contributed by atoms with E-state index >= 15 is 0 Å². The quantitative estimate of drug-likeness (QED) is 0.504. The normalized spacial score (nSPS) is 10.9. The number of carbonyl (C=O) groups excluding carboxylic acids is 1. The molecule has 1 aromatic heterocycles. The van der Waals surface area contributed by atoms with Crippen molar-refractivity contribution in [3.8, 4) is 0 Å². The van der Waals surface area contributed by atoms with Gasteiger partial charge in [-0.2, -0.15) is 0 Å². The molecule has 2 rings (SSSR count). The molecule has 3 N–H and O–H groups in total. The summed E-state index contributed by atoms with van der Waals surface area (Å²) in [6, 6.07) is 5.15. The van der Waals surface area contributed by atoms with Crippen LogP contribution in [0.3, 0.4) is 0 Å². The van der Waals surface area contributed by atoms with Crippen molar-refractivity contribution < 1.29 is 9.53 Å². The van der Waals surface area contributed by atoms with Gasteiger partial charge in [0.25, 0.3) is 5.56 Å². The number of halogens is 2. The van der Waals surface area contributed by atoms with Gasteiger partial charge < -0.3 is 20.3 Å². The van der Waals surface area contributed by atoms with Crippen molar-refractivity contribution in [3.63, 3.8) is 0 Å². The van der Waals surface area contributed by atoms with Crippen molar-refractivity contribution in [2.45, 2.75) is 32.9 Å². The Morgan fingerprint density at radius 2 is 1.97 bits per heavy atom. The predicted octanol–water partition coefficient (Wildman–Crippen LogP) is 2.34. The van der Waals surface area contributed by atoms with E-state index in [9.17, 15) is 14.4 Å². The number of H-pyrrole nitrogens is 1. The number of benzene rings is 1. The van der Waals surface area contributed by atoms with E-state index in [0.29, 0.717) is 23.1 Å². The van der Waals surface area contributed by atoms with Gasteiger partial charge in [-0.05, 0) is 24.1 Å². The summed E-state index contributed by atoms with van der Waals surface area (Å²) in [6.07, 6.45) is 1.57. The Morgan fingerprint density at radius 3 is 2.59 bits per heavy atom. The molecule has 0 saturated carbocycles. The number of likely N-dealkylation sites (N-methyl/N-ethyl adjacent to an activating group) is 1. The molecule has 11 heteroatoms. The summed E-state index contributed by atoms with van der Waals surface area (Å²) in [5.41, 5.74) is 5.89. The van der Waals surface area contributed by atoms with Crippen molar-refractivity contribution >= 4 is 40.6 Å². The Balaban J connectivity index is 2.29. The van der Waals surface area contributed by atoms with E-state index in [1.54, 1.807) is 25.2 Å². The molecule has 1 heterocycles. The highest BCUT2D eigenvalue weighted by molar-refractivity contribution is 6.42. The minimum Gasteiger partial charge on any atom is -0.383 e. The van der Waals surface area contributed by atoms with Crippen LogP contribution in [0.25, 0.3) is 0 Å². The van der Waals surface area contributed by atoms with E-state index in [2.05, 4.69) is 4.98 Å². The smallest absolute Gasteiger partial charge is 0.330 e. The first-order chi connectivity index (χ1) is 15.2. The number of methoxy groups -OCH3 is 1. The number of amides is 1. The fourth-order valence-electron chi connectivity index (χ4n) is 3.18. The van der Waals surface area contributed by atoms with Crippen LogP contribution in [0.2, 0.25) is 10.0 Å². The van der Waals surface area contributed by atoms with Gasteiger partial charge >= 0.3 is 5.69 Å². The third kappa shape index (κ3) is 6.51. The number of unbranched alkanes of at least 4 members (excludes halogenated alkanes) is 1. The number of nitrogens with one attached hydrogen (secondary N) is 1. The maximum absolute atomic E-state index is 13.0. The SMILES string of the molecule is CCCCn1c(N)c(N(CCOC)CC(=O)N(C)Cc2ccc(Cl)c(Cl)c2)c(=O)[nH]c1=O. The van der Waals surface area contributed by atoms with Crippen LogP contribution in [0.1, 0.15) is 25.3 Å². The average molecular weight is 486 g/mol. The number of anilines is 2. The zero-order valence-corrected chi connectivity index (χ0v) is 20.0. The Bertz CT molecular complexity index is 1050. The monoisotopic (exact) mass is 485 g/mol. The summed E-state index contributed by atoms with van der Waals surface area (Å²) < 4.78 is 6.46. The Labute approximate surface area is 196 Å². The van der Waals surface area contributed by atoms with E-state index < -0.39 is 11.2 Å². The van der Waals surface area contributed by atoms with Crippen molar-refractivity contribution in [2.24, 2.45) is 0 Å². The molecule has 0 spiro atoms. The minimum atomic E-state index is -0.642. The zero-order chi connectivity index (χ0) is 23.8. The van der Waals surface area contributed by atoms with Crippen molar-refractivity contribution in [2.75, 3.05) is 44.5 Å². The second-order valence-corrected chi connectivity index (χ2v) is 8.23. The molecule has 0 unspecified atom stereocenters. The van der Waals surface area contributed by atoms with E-state index in [4.69, 9.17) is 33.7 Å². The number of ether oxygens (including phenoxy) is 1. The van der Waals surface area contributed by atoms with Gasteiger partial charge in [0, 0.05) is 33.8 Å². The molecule has 0 fully saturated rings. The second kappa shape index (κ2) is 11.9. The first kappa shape index (κ1) is 25.8. The van der Waals surface area contributed by atoms with E-state index in [1.165, 1.54) is 21.5 Å². The van der Waals surface area contributed by atoms with Gasteiger partial charge in [0.2, 0.25) is 5.91 Å². The van der Waals surface area contributed by atoms with Gasteiger partial charge in [-0.3, -0.25) is 19.1 Å². The van der Waals surface area contributed by atoms with Crippen LogP contribution in [-0.4, -0.2) is 54.2 Å². The highest BCUT2D eigenvalue weighted by Gasteiger charge is 2.22. The van der Waals surface area contributed by atoms with Gasteiger partial charge in [0.15, 0.2) is 0 Å². The molecule has 0 saturated heterocycles. The molecule has 1 amide bonds. The number of aromatic amines is 1. The van der Waals surface area contributed by atoms with Gasteiger partial charge in [0.05, 0.1) is 23.2 Å². The lowest BCUT2D eigenvalue weighted by Gasteiger charge is -2.27. The third-order valence-corrected chi connectivity index (χ3v) is 5.73. The molecule has 32 heavy (non-hydrogen) atoms. The number of aromatic nitrogens is 2. The average Bonchev–Trinajstić information content (AvgIpc) is 2.74. The molecule has 176 valence electrons.